The van der Waals surface area contributed by atoms with Crippen molar-refractivity contribution in [2.75, 3.05) is 19.0 Å². The van der Waals surface area contributed by atoms with E-state index in [1.165, 1.54) is 24.2 Å². The zero-order chi connectivity index (χ0) is 22.0. The van der Waals surface area contributed by atoms with Crippen molar-refractivity contribution in [3.05, 3.63) is 63.2 Å². The Labute approximate surface area is 195 Å². The van der Waals surface area contributed by atoms with Crippen LogP contribution in [-0.4, -0.2) is 36.1 Å². The molecule has 2 fully saturated rings. The van der Waals surface area contributed by atoms with Crippen LogP contribution >= 0.6 is 27.7 Å². The summed E-state index contributed by atoms with van der Waals surface area (Å²) in [6, 6.07) is 12.6. The van der Waals surface area contributed by atoms with E-state index in [-0.39, 0.29) is 23.5 Å². The van der Waals surface area contributed by atoms with E-state index in [0.29, 0.717) is 10.1 Å². The second kappa shape index (κ2) is 9.57. The number of carbonyl (C=O) groups excluding carboxylic acids is 1. The van der Waals surface area contributed by atoms with Crippen LogP contribution in [0.3, 0.4) is 0 Å². The third kappa shape index (κ3) is 4.88. The summed E-state index contributed by atoms with van der Waals surface area (Å²) in [5.41, 5.74) is 2.26. The highest BCUT2D eigenvalue weighted by atomic mass is 79.9. The normalized spacial score (nSPS) is 20.1. The highest BCUT2D eigenvalue weighted by Gasteiger charge is 2.38. The lowest BCUT2D eigenvalue weighted by Crippen LogP contribution is -2.40. The Bertz CT molecular complexity index is 1050. The molecular formula is C24H25BrFN3OS. The van der Waals surface area contributed by atoms with Crippen LogP contribution in [0.2, 0.25) is 0 Å². The molecule has 1 heterocycles. The van der Waals surface area contributed by atoms with Gasteiger partial charge in [0.2, 0.25) is 0 Å². The van der Waals surface area contributed by atoms with Gasteiger partial charge in [-0.25, -0.2) is 9.38 Å². The van der Waals surface area contributed by atoms with E-state index in [1.807, 2.05) is 43.3 Å². The number of amides is 1. The number of amidine groups is 1. The number of hydrogen-bond acceptors (Lipinski definition) is 4. The number of hydrogen-bond donors (Lipinski definition) is 0. The lowest BCUT2D eigenvalue weighted by Gasteiger charge is -2.30. The summed E-state index contributed by atoms with van der Waals surface area (Å²) < 4.78 is 15.2. The van der Waals surface area contributed by atoms with Gasteiger partial charge < -0.3 is 4.90 Å². The Morgan fingerprint density at radius 3 is 2.58 bits per heavy atom. The summed E-state index contributed by atoms with van der Waals surface area (Å²) in [5.74, 6) is -0.424. The summed E-state index contributed by atoms with van der Waals surface area (Å²) in [4.78, 5) is 22.4. The lowest BCUT2D eigenvalue weighted by molar-refractivity contribution is -0.124. The van der Waals surface area contributed by atoms with Gasteiger partial charge in [0.15, 0.2) is 5.17 Å². The van der Waals surface area contributed by atoms with Crippen molar-refractivity contribution in [2.45, 2.75) is 38.1 Å². The quantitative estimate of drug-likeness (QED) is 0.443. The maximum absolute atomic E-state index is 14.3. The molecule has 1 aliphatic heterocycles. The van der Waals surface area contributed by atoms with Crippen LogP contribution in [0.15, 0.2) is 56.8 Å². The van der Waals surface area contributed by atoms with Crippen molar-refractivity contribution < 1.29 is 9.18 Å². The number of benzene rings is 2. The van der Waals surface area contributed by atoms with E-state index in [9.17, 15) is 9.18 Å². The Morgan fingerprint density at radius 1 is 1.16 bits per heavy atom. The zero-order valence-corrected chi connectivity index (χ0v) is 20.0. The van der Waals surface area contributed by atoms with E-state index < -0.39 is 0 Å². The summed E-state index contributed by atoms with van der Waals surface area (Å²) in [5, 5.41) is 0.567. The molecule has 1 saturated carbocycles. The number of para-hydroxylation sites is 1. The maximum Gasteiger partial charge on any atom is 0.267 e. The summed E-state index contributed by atoms with van der Waals surface area (Å²) >= 11 is 4.94. The third-order valence-electron chi connectivity index (χ3n) is 5.60. The minimum atomic E-state index is -0.382. The molecule has 2 aliphatic rings. The minimum absolute atomic E-state index is 0.0419. The first-order valence-corrected chi connectivity index (χ1v) is 12.1. The van der Waals surface area contributed by atoms with Crippen molar-refractivity contribution in [1.82, 2.24) is 4.90 Å². The molecule has 0 atom stereocenters. The van der Waals surface area contributed by atoms with Gasteiger partial charge in [0.05, 0.1) is 10.6 Å². The van der Waals surface area contributed by atoms with Crippen LogP contribution in [0.4, 0.5) is 15.8 Å². The number of anilines is 1. The molecule has 162 valence electrons. The molecule has 0 radical (unpaired) electrons. The van der Waals surface area contributed by atoms with Crippen molar-refractivity contribution in [3.63, 3.8) is 0 Å². The fraction of sp³-hybridized carbons (Fsp3) is 0.333. The van der Waals surface area contributed by atoms with Gasteiger partial charge in [0.1, 0.15) is 11.5 Å². The van der Waals surface area contributed by atoms with Gasteiger partial charge in [-0.3, -0.25) is 9.69 Å². The molecule has 0 N–H and O–H groups in total. The molecule has 0 spiro atoms. The predicted molar refractivity (Wildman–Crippen MR) is 131 cm³/mol. The monoisotopic (exact) mass is 501 g/mol. The molecule has 1 aliphatic carbocycles. The average Bonchev–Trinajstić information content (AvgIpc) is 3.05. The summed E-state index contributed by atoms with van der Waals surface area (Å²) in [7, 11) is 3.98. The molecule has 1 amide bonds. The number of nitrogens with zero attached hydrogens (tertiary/aromatic N) is 3. The zero-order valence-electron chi connectivity index (χ0n) is 17.6. The molecule has 31 heavy (non-hydrogen) atoms. The van der Waals surface area contributed by atoms with E-state index in [2.05, 4.69) is 20.9 Å². The molecule has 4 rings (SSSR count). The van der Waals surface area contributed by atoms with Crippen LogP contribution in [0, 0.1) is 5.82 Å². The van der Waals surface area contributed by atoms with E-state index >= 15 is 0 Å². The van der Waals surface area contributed by atoms with Gasteiger partial charge in [-0.2, -0.15) is 0 Å². The second-order valence-corrected chi connectivity index (χ2v) is 9.89. The third-order valence-corrected chi connectivity index (χ3v) is 7.21. The fourth-order valence-corrected chi connectivity index (χ4v) is 5.80. The van der Waals surface area contributed by atoms with Crippen molar-refractivity contribution in [2.24, 2.45) is 4.99 Å². The van der Waals surface area contributed by atoms with Gasteiger partial charge in [-0.1, -0.05) is 37.5 Å². The van der Waals surface area contributed by atoms with Gasteiger partial charge in [0.25, 0.3) is 5.91 Å². The van der Waals surface area contributed by atoms with Crippen molar-refractivity contribution >= 4 is 56.2 Å². The number of carbonyl (C=O) groups is 1. The molecule has 7 heteroatoms. The fourth-order valence-electron chi connectivity index (χ4n) is 4.00. The second-order valence-electron chi connectivity index (χ2n) is 8.03. The Hall–Kier alpha value is -2.12. The minimum Gasteiger partial charge on any atom is -0.377 e. The first-order valence-electron chi connectivity index (χ1n) is 10.5. The van der Waals surface area contributed by atoms with E-state index in [0.717, 1.165) is 41.4 Å². The first-order chi connectivity index (χ1) is 14.9. The number of halogens is 2. The Kier molecular flexibility index (Phi) is 6.82. The molecule has 2 aromatic rings. The average molecular weight is 502 g/mol. The van der Waals surface area contributed by atoms with Gasteiger partial charge in [-0.15, -0.1) is 0 Å². The number of aliphatic imine (C=N–C) groups is 1. The topological polar surface area (TPSA) is 35.9 Å². The predicted octanol–water partition coefficient (Wildman–Crippen LogP) is 6.59. The molecule has 2 aromatic carbocycles. The van der Waals surface area contributed by atoms with E-state index in [4.69, 9.17) is 0 Å². The molecule has 0 bridgehead atoms. The molecular weight excluding hydrogens is 477 g/mol. The smallest absolute Gasteiger partial charge is 0.267 e. The summed E-state index contributed by atoms with van der Waals surface area (Å²) in [6.07, 6.45) is 7.21. The first kappa shape index (κ1) is 22.1. The van der Waals surface area contributed by atoms with Crippen molar-refractivity contribution in [3.8, 4) is 0 Å². The van der Waals surface area contributed by atoms with Crippen LogP contribution < -0.4 is 4.90 Å². The molecule has 0 aromatic heterocycles. The number of thioether (sulfide) groups is 1. The highest BCUT2D eigenvalue weighted by molar-refractivity contribution is 9.10. The van der Waals surface area contributed by atoms with Crippen LogP contribution in [-0.2, 0) is 4.79 Å². The van der Waals surface area contributed by atoms with Crippen molar-refractivity contribution in [1.29, 1.82) is 0 Å². The van der Waals surface area contributed by atoms with Crippen LogP contribution in [0.5, 0.6) is 0 Å². The van der Waals surface area contributed by atoms with Gasteiger partial charge in [0, 0.05) is 24.6 Å². The molecule has 4 nitrogen and oxygen atoms in total. The maximum atomic E-state index is 14.3. The standard InChI is InChI=1S/C24H25BrFN3OS/c1-28(2)21-13-12-16(14-18(21)25)15-22-23(30)29(17-8-4-3-5-9-17)24(31-22)27-20-11-7-6-10-19(20)26/h6-7,10-15,17H,3-5,8-9H2,1-2H3/b22-15-,27-24?. The van der Waals surface area contributed by atoms with Crippen LogP contribution in [0.1, 0.15) is 37.7 Å². The Morgan fingerprint density at radius 2 is 1.90 bits per heavy atom. The van der Waals surface area contributed by atoms with E-state index in [1.54, 1.807) is 23.1 Å². The Balaban J connectivity index is 1.70. The van der Waals surface area contributed by atoms with Gasteiger partial charge >= 0.3 is 0 Å². The highest BCUT2D eigenvalue weighted by Crippen LogP contribution is 2.39. The molecule has 0 unspecified atom stereocenters. The SMILES string of the molecule is CN(C)c1ccc(/C=C2\SC(=Nc3ccccc3F)N(C3CCCCC3)C2=O)cc1Br. The summed E-state index contributed by atoms with van der Waals surface area (Å²) in [6.45, 7) is 0. The lowest BCUT2D eigenvalue weighted by atomic mass is 9.94. The largest absolute Gasteiger partial charge is 0.377 e. The molecule has 1 saturated heterocycles. The number of rotatable bonds is 4. The van der Waals surface area contributed by atoms with Crippen LogP contribution in [0.25, 0.3) is 6.08 Å². The van der Waals surface area contributed by atoms with Gasteiger partial charge in [-0.05, 0) is 76.4 Å².